The van der Waals surface area contributed by atoms with Crippen molar-refractivity contribution in [2.75, 3.05) is 37.6 Å². The van der Waals surface area contributed by atoms with Gasteiger partial charge in [0.1, 0.15) is 23.6 Å². The van der Waals surface area contributed by atoms with Gasteiger partial charge in [0, 0.05) is 50.0 Å². The Kier molecular flexibility index (Phi) is 9.26. The number of hydrogen-bond donors (Lipinski definition) is 0. The predicted molar refractivity (Wildman–Crippen MR) is 162 cm³/mol. The predicted octanol–water partition coefficient (Wildman–Crippen LogP) is 6.32. The van der Waals surface area contributed by atoms with E-state index in [0.29, 0.717) is 37.7 Å². The monoisotopic (exact) mass is 599 g/mol. The number of amides is 2. The third-order valence-electron chi connectivity index (χ3n) is 8.81. The van der Waals surface area contributed by atoms with Crippen molar-refractivity contribution in [3.8, 4) is 0 Å². The molecule has 0 bridgehead atoms. The summed E-state index contributed by atoms with van der Waals surface area (Å²) >= 11 is 6.02. The number of anilines is 1. The number of rotatable bonds is 6. The van der Waals surface area contributed by atoms with Crippen molar-refractivity contribution in [3.63, 3.8) is 0 Å². The Hall–Kier alpha value is -2.94. The van der Waals surface area contributed by atoms with E-state index in [9.17, 15) is 14.0 Å². The third kappa shape index (κ3) is 6.82. The van der Waals surface area contributed by atoms with Gasteiger partial charge in [0.25, 0.3) is 0 Å². The molecule has 2 atom stereocenters. The number of ether oxygens (including phenoxy) is 1. The summed E-state index contributed by atoms with van der Waals surface area (Å²) in [4.78, 5) is 42.7. The van der Waals surface area contributed by atoms with E-state index >= 15 is 0 Å². The van der Waals surface area contributed by atoms with Crippen LogP contribution in [-0.2, 0) is 16.0 Å². The average Bonchev–Trinajstić information content (AvgIpc) is 3.35. The van der Waals surface area contributed by atoms with Crippen LogP contribution < -0.4 is 4.90 Å². The lowest BCUT2D eigenvalue weighted by Gasteiger charge is -2.40. The lowest BCUT2D eigenvalue weighted by atomic mass is 9.91. The first-order valence-corrected chi connectivity index (χ1v) is 15.7. The van der Waals surface area contributed by atoms with E-state index in [1.807, 2.05) is 25.7 Å². The second kappa shape index (κ2) is 12.7. The normalized spacial score (nSPS) is 20.3. The molecule has 3 aliphatic rings. The molecule has 2 heterocycles. The van der Waals surface area contributed by atoms with Crippen molar-refractivity contribution in [2.45, 2.75) is 96.1 Å². The molecular formula is C32H43ClFN5O3. The van der Waals surface area contributed by atoms with Crippen molar-refractivity contribution < 1.29 is 18.7 Å². The molecule has 8 nitrogen and oxygen atoms in total. The zero-order valence-electron chi connectivity index (χ0n) is 25.2. The van der Waals surface area contributed by atoms with E-state index in [1.165, 1.54) is 17.7 Å². The summed E-state index contributed by atoms with van der Waals surface area (Å²) in [5.74, 6) is -0.0615. The first kappa shape index (κ1) is 30.5. The van der Waals surface area contributed by atoms with Gasteiger partial charge in [0.2, 0.25) is 5.91 Å². The molecule has 1 saturated heterocycles. The summed E-state index contributed by atoms with van der Waals surface area (Å²) in [6.45, 7) is 10.2. The molecule has 1 aromatic heterocycles. The maximum absolute atomic E-state index is 14.7. The highest BCUT2D eigenvalue weighted by Crippen LogP contribution is 2.37. The van der Waals surface area contributed by atoms with Gasteiger partial charge in [0.15, 0.2) is 0 Å². The fourth-order valence-electron chi connectivity index (χ4n) is 6.57. The topological polar surface area (TPSA) is 78.9 Å². The van der Waals surface area contributed by atoms with E-state index in [1.54, 1.807) is 17.3 Å². The van der Waals surface area contributed by atoms with Crippen LogP contribution in [0.3, 0.4) is 0 Å². The van der Waals surface area contributed by atoms with E-state index in [2.05, 4.69) is 21.8 Å². The largest absolute Gasteiger partial charge is 0.444 e. The van der Waals surface area contributed by atoms with Crippen LogP contribution in [0.2, 0.25) is 5.02 Å². The van der Waals surface area contributed by atoms with E-state index in [4.69, 9.17) is 16.3 Å². The number of aromatic nitrogens is 2. The van der Waals surface area contributed by atoms with Gasteiger partial charge >= 0.3 is 6.09 Å². The van der Waals surface area contributed by atoms with E-state index in [0.717, 1.165) is 56.5 Å². The second-order valence-corrected chi connectivity index (χ2v) is 13.4. The van der Waals surface area contributed by atoms with Crippen molar-refractivity contribution >= 4 is 29.4 Å². The van der Waals surface area contributed by atoms with E-state index < -0.39 is 23.4 Å². The van der Waals surface area contributed by atoms with Gasteiger partial charge in [-0.2, -0.15) is 0 Å². The van der Waals surface area contributed by atoms with E-state index in [-0.39, 0.29) is 23.5 Å². The van der Waals surface area contributed by atoms with Crippen molar-refractivity contribution in [2.24, 2.45) is 0 Å². The molecule has 5 rings (SSSR count). The molecule has 2 aromatic rings. The van der Waals surface area contributed by atoms with Gasteiger partial charge in [-0.15, -0.1) is 0 Å². The first-order valence-electron chi connectivity index (χ1n) is 15.3. The summed E-state index contributed by atoms with van der Waals surface area (Å²) in [5.41, 5.74) is 2.19. The molecule has 0 N–H and O–H groups in total. The lowest BCUT2D eigenvalue weighted by molar-refractivity contribution is -0.133. The van der Waals surface area contributed by atoms with Gasteiger partial charge in [-0.3, -0.25) is 4.79 Å². The SMILES string of the molecule is CC1CCc2ncnc(N3CCN(C(=O)C(CN(C(=O)OC(C)(C)C)C4CCCCC4)c4ccc(Cl)c(F)c4)CC3)c21. The molecule has 2 aliphatic carbocycles. The fraction of sp³-hybridized carbons (Fsp3) is 0.625. The van der Waals surface area contributed by atoms with Crippen LogP contribution in [0, 0.1) is 5.82 Å². The molecule has 42 heavy (non-hydrogen) atoms. The number of piperazine rings is 1. The summed E-state index contributed by atoms with van der Waals surface area (Å²) in [6.07, 6.45) is 8.14. The molecule has 0 spiro atoms. The van der Waals surface area contributed by atoms with Crippen molar-refractivity contribution in [1.82, 2.24) is 19.8 Å². The fourth-order valence-corrected chi connectivity index (χ4v) is 6.69. The molecule has 1 saturated carbocycles. The number of fused-ring (bicyclic) bond motifs is 1. The third-order valence-corrected chi connectivity index (χ3v) is 9.12. The van der Waals surface area contributed by atoms with Crippen LogP contribution >= 0.6 is 11.6 Å². The summed E-state index contributed by atoms with van der Waals surface area (Å²) in [5, 5.41) is 0.00135. The van der Waals surface area contributed by atoms with Gasteiger partial charge in [0.05, 0.1) is 10.9 Å². The molecule has 0 radical (unpaired) electrons. The Labute approximate surface area is 253 Å². The number of hydrogen-bond acceptors (Lipinski definition) is 6. The standard InChI is InChI=1S/C32H43ClFN5O3/c1-21-10-13-27-28(21)29(36-20-35-27)37-14-16-38(17-15-37)30(40)24(22-11-12-25(33)26(34)18-22)19-39(23-8-6-5-7-9-23)31(41)42-32(2,3)4/h11-12,18,20-21,23-24H,5-10,13-17,19H2,1-4H3. The molecular weight excluding hydrogens is 557 g/mol. The maximum Gasteiger partial charge on any atom is 0.410 e. The summed E-state index contributed by atoms with van der Waals surface area (Å²) in [6, 6.07) is 4.49. The number of aryl methyl sites for hydroxylation is 1. The Morgan fingerprint density at radius 2 is 1.81 bits per heavy atom. The van der Waals surface area contributed by atoms with Crippen LogP contribution in [0.5, 0.6) is 0 Å². The minimum absolute atomic E-state index is 0.00135. The molecule has 228 valence electrons. The smallest absolute Gasteiger partial charge is 0.410 e. The number of halogens is 2. The molecule has 1 aliphatic heterocycles. The van der Waals surface area contributed by atoms with Gasteiger partial charge in [-0.1, -0.05) is 43.9 Å². The van der Waals surface area contributed by atoms with Crippen LogP contribution in [0.4, 0.5) is 15.0 Å². The number of nitrogens with zero attached hydrogens (tertiary/aromatic N) is 5. The van der Waals surface area contributed by atoms with Gasteiger partial charge in [-0.25, -0.2) is 19.2 Å². The number of carbonyl (C=O) groups is 2. The molecule has 10 heteroatoms. The van der Waals surface area contributed by atoms with Crippen LogP contribution in [-0.4, -0.2) is 76.1 Å². The Balaban J connectivity index is 1.38. The Morgan fingerprint density at radius 3 is 2.48 bits per heavy atom. The highest BCUT2D eigenvalue weighted by atomic mass is 35.5. The van der Waals surface area contributed by atoms with Crippen LogP contribution in [0.25, 0.3) is 0 Å². The zero-order valence-corrected chi connectivity index (χ0v) is 26.0. The minimum atomic E-state index is -0.749. The average molecular weight is 600 g/mol. The lowest BCUT2D eigenvalue weighted by Crippen LogP contribution is -2.53. The van der Waals surface area contributed by atoms with Crippen LogP contribution in [0.15, 0.2) is 24.5 Å². The first-order chi connectivity index (χ1) is 20.0. The van der Waals surface area contributed by atoms with Crippen LogP contribution in [0.1, 0.15) is 94.9 Å². The molecule has 2 unspecified atom stereocenters. The summed E-state index contributed by atoms with van der Waals surface area (Å²) < 4.78 is 20.5. The van der Waals surface area contributed by atoms with Crippen molar-refractivity contribution in [3.05, 3.63) is 52.2 Å². The minimum Gasteiger partial charge on any atom is -0.444 e. The maximum atomic E-state index is 14.7. The molecule has 1 aromatic carbocycles. The number of benzene rings is 1. The number of carbonyl (C=O) groups excluding carboxylic acids is 2. The second-order valence-electron chi connectivity index (χ2n) is 13.0. The van der Waals surface area contributed by atoms with Gasteiger partial charge in [-0.05, 0) is 70.1 Å². The molecule has 2 amide bonds. The molecule has 2 fully saturated rings. The van der Waals surface area contributed by atoms with Gasteiger partial charge < -0.3 is 19.4 Å². The Bertz CT molecular complexity index is 1290. The quantitative estimate of drug-likeness (QED) is 0.387. The zero-order chi connectivity index (χ0) is 30.0. The summed E-state index contributed by atoms with van der Waals surface area (Å²) in [7, 11) is 0. The Morgan fingerprint density at radius 1 is 1.10 bits per heavy atom. The highest BCUT2D eigenvalue weighted by molar-refractivity contribution is 6.30. The highest BCUT2D eigenvalue weighted by Gasteiger charge is 2.37. The van der Waals surface area contributed by atoms with Crippen molar-refractivity contribution in [1.29, 1.82) is 0 Å².